The Morgan fingerprint density at radius 2 is 2.04 bits per heavy atom. The molecule has 0 unspecified atom stereocenters. The number of carbonyl (C=O) groups excluding carboxylic acids is 1. The van der Waals surface area contributed by atoms with Crippen LogP contribution in [0.5, 0.6) is 5.75 Å². The second kappa shape index (κ2) is 12.4. The van der Waals surface area contributed by atoms with Gasteiger partial charge >= 0.3 is 0 Å². The first-order chi connectivity index (χ1) is 12.5. The average molecular weight is 419 g/mol. The standard InChI is InChI=1S/C20H31ClN2O3.ClH/c1-3-12-25-19-14-15(9-10-17(19)22)20(24)23(2)11-6-13-26-18-8-5-4-7-16(18)21;/h4-5,7-8,15,17,19H,3,6,9-14,22H2,1-2H3;1H/t15-,17-,19-;/m0./s1. The summed E-state index contributed by atoms with van der Waals surface area (Å²) in [7, 11) is 1.86. The molecule has 0 saturated heterocycles. The van der Waals surface area contributed by atoms with Gasteiger partial charge in [0.05, 0.1) is 17.7 Å². The molecule has 0 aliphatic heterocycles. The Morgan fingerprint density at radius 3 is 2.74 bits per heavy atom. The minimum absolute atomic E-state index is 0. The maximum atomic E-state index is 12.7. The first kappa shape index (κ1) is 24.0. The summed E-state index contributed by atoms with van der Waals surface area (Å²) in [6.45, 7) is 3.97. The van der Waals surface area contributed by atoms with E-state index in [1.165, 1.54) is 0 Å². The van der Waals surface area contributed by atoms with Crippen molar-refractivity contribution in [2.45, 2.75) is 51.2 Å². The van der Waals surface area contributed by atoms with Crippen molar-refractivity contribution in [2.24, 2.45) is 11.7 Å². The Bertz CT molecular complexity index is 574. The molecule has 0 bridgehead atoms. The van der Waals surface area contributed by atoms with Crippen LogP contribution in [0, 0.1) is 5.92 Å². The molecule has 1 fully saturated rings. The lowest BCUT2D eigenvalue weighted by Gasteiger charge is -2.35. The molecular weight excluding hydrogens is 387 g/mol. The van der Waals surface area contributed by atoms with Crippen LogP contribution < -0.4 is 10.5 Å². The Morgan fingerprint density at radius 1 is 1.30 bits per heavy atom. The Balaban J connectivity index is 0.00000364. The molecule has 154 valence electrons. The normalized spacial score (nSPS) is 22.0. The van der Waals surface area contributed by atoms with Crippen molar-refractivity contribution in [3.8, 4) is 5.75 Å². The summed E-state index contributed by atoms with van der Waals surface area (Å²) in [5.74, 6) is 0.867. The van der Waals surface area contributed by atoms with E-state index < -0.39 is 0 Å². The van der Waals surface area contributed by atoms with Crippen LogP contribution in [0.15, 0.2) is 24.3 Å². The van der Waals surface area contributed by atoms with Crippen molar-refractivity contribution in [2.75, 3.05) is 26.8 Å². The van der Waals surface area contributed by atoms with Gasteiger partial charge < -0.3 is 20.1 Å². The number of benzene rings is 1. The van der Waals surface area contributed by atoms with Gasteiger partial charge in [-0.15, -0.1) is 12.4 Å². The zero-order valence-electron chi connectivity index (χ0n) is 16.2. The lowest BCUT2D eigenvalue weighted by Crippen LogP contribution is -2.46. The van der Waals surface area contributed by atoms with E-state index in [4.69, 9.17) is 26.8 Å². The van der Waals surface area contributed by atoms with Crippen LogP contribution in [0.3, 0.4) is 0 Å². The number of amides is 1. The van der Waals surface area contributed by atoms with Gasteiger partial charge in [0.2, 0.25) is 5.91 Å². The summed E-state index contributed by atoms with van der Waals surface area (Å²) in [4.78, 5) is 14.5. The second-order valence-electron chi connectivity index (χ2n) is 6.98. The molecule has 0 spiro atoms. The van der Waals surface area contributed by atoms with Crippen molar-refractivity contribution >= 4 is 29.9 Å². The van der Waals surface area contributed by atoms with Gasteiger partial charge in [-0.2, -0.15) is 0 Å². The van der Waals surface area contributed by atoms with E-state index in [2.05, 4.69) is 6.92 Å². The summed E-state index contributed by atoms with van der Waals surface area (Å²) in [6, 6.07) is 7.45. The molecule has 1 aromatic carbocycles. The molecular formula is C20H32Cl2N2O3. The first-order valence-electron chi connectivity index (χ1n) is 9.52. The fourth-order valence-electron chi connectivity index (χ4n) is 3.31. The van der Waals surface area contributed by atoms with Crippen LogP contribution in [0.2, 0.25) is 5.02 Å². The molecule has 0 radical (unpaired) electrons. The van der Waals surface area contributed by atoms with Crippen molar-refractivity contribution in [1.82, 2.24) is 4.90 Å². The Kier molecular flexibility index (Phi) is 11.1. The van der Waals surface area contributed by atoms with E-state index in [1.807, 2.05) is 25.2 Å². The minimum Gasteiger partial charge on any atom is -0.492 e. The number of para-hydroxylation sites is 1. The largest absolute Gasteiger partial charge is 0.492 e. The summed E-state index contributed by atoms with van der Waals surface area (Å²) >= 11 is 6.07. The molecule has 2 N–H and O–H groups in total. The van der Waals surface area contributed by atoms with Gasteiger partial charge in [-0.1, -0.05) is 30.7 Å². The van der Waals surface area contributed by atoms with Crippen LogP contribution in [0.4, 0.5) is 0 Å². The molecule has 1 aromatic rings. The monoisotopic (exact) mass is 418 g/mol. The zero-order valence-corrected chi connectivity index (χ0v) is 17.8. The molecule has 2 rings (SSSR count). The highest BCUT2D eigenvalue weighted by atomic mass is 35.5. The van der Waals surface area contributed by atoms with Gasteiger partial charge in [0.15, 0.2) is 0 Å². The van der Waals surface area contributed by atoms with Gasteiger partial charge in [0.25, 0.3) is 0 Å². The molecule has 1 aliphatic rings. The van der Waals surface area contributed by atoms with E-state index in [0.717, 1.165) is 32.1 Å². The van der Waals surface area contributed by atoms with E-state index >= 15 is 0 Å². The molecule has 1 aliphatic carbocycles. The quantitative estimate of drug-likeness (QED) is 0.617. The molecule has 1 amide bonds. The molecule has 0 heterocycles. The summed E-state index contributed by atoms with van der Waals surface area (Å²) in [5, 5.41) is 0.605. The highest BCUT2D eigenvalue weighted by molar-refractivity contribution is 6.32. The van der Waals surface area contributed by atoms with Crippen molar-refractivity contribution in [3.63, 3.8) is 0 Å². The van der Waals surface area contributed by atoms with E-state index in [0.29, 0.717) is 30.5 Å². The van der Waals surface area contributed by atoms with Crippen molar-refractivity contribution < 1.29 is 14.3 Å². The number of nitrogens with two attached hydrogens (primary N) is 1. The second-order valence-corrected chi connectivity index (χ2v) is 7.38. The number of rotatable bonds is 9. The summed E-state index contributed by atoms with van der Waals surface area (Å²) < 4.78 is 11.5. The summed E-state index contributed by atoms with van der Waals surface area (Å²) in [5.41, 5.74) is 6.15. The van der Waals surface area contributed by atoms with Gasteiger partial charge in [-0.25, -0.2) is 0 Å². The minimum atomic E-state index is -0.00499. The lowest BCUT2D eigenvalue weighted by molar-refractivity contribution is -0.137. The Labute approximate surface area is 173 Å². The summed E-state index contributed by atoms with van der Waals surface area (Å²) in [6.07, 6.45) is 4.12. The van der Waals surface area contributed by atoms with Crippen LogP contribution in [-0.2, 0) is 9.53 Å². The average Bonchev–Trinajstić information content (AvgIpc) is 2.65. The third-order valence-electron chi connectivity index (χ3n) is 4.84. The van der Waals surface area contributed by atoms with Gasteiger partial charge in [-0.3, -0.25) is 4.79 Å². The number of nitrogens with zero attached hydrogens (tertiary/aromatic N) is 1. The highest BCUT2D eigenvalue weighted by Crippen LogP contribution is 2.27. The molecule has 27 heavy (non-hydrogen) atoms. The SMILES string of the molecule is CCCO[C@H]1C[C@@H](C(=O)N(C)CCCOc2ccccc2Cl)CC[C@@H]1N.Cl. The molecule has 1 saturated carbocycles. The highest BCUT2D eigenvalue weighted by Gasteiger charge is 2.33. The van der Waals surface area contributed by atoms with Crippen molar-refractivity contribution in [3.05, 3.63) is 29.3 Å². The van der Waals surface area contributed by atoms with Crippen LogP contribution in [0.25, 0.3) is 0 Å². The Hall–Kier alpha value is -1.01. The van der Waals surface area contributed by atoms with Crippen LogP contribution in [0.1, 0.15) is 39.0 Å². The van der Waals surface area contributed by atoms with E-state index in [-0.39, 0.29) is 36.4 Å². The third kappa shape index (κ3) is 7.49. The number of carbonyl (C=O) groups is 1. The first-order valence-corrected chi connectivity index (χ1v) is 9.90. The zero-order chi connectivity index (χ0) is 18.9. The molecule has 3 atom stereocenters. The molecule has 5 nitrogen and oxygen atoms in total. The third-order valence-corrected chi connectivity index (χ3v) is 5.15. The molecule has 7 heteroatoms. The van der Waals surface area contributed by atoms with Gasteiger partial charge in [0.1, 0.15) is 5.75 Å². The number of halogens is 2. The fraction of sp³-hybridized carbons (Fsp3) is 0.650. The molecule has 0 aromatic heterocycles. The lowest BCUT2D eigenvalue weighted by atomic mass is 9.83. The number of ether oxygens (including phenoxy) is 2. The van der Waals surface area contributed by atoms with E-state index in [1.54, 1.807) is 11.0 Å². The smallest absolute Gasteiger partial charge is 0.225 e. The number of hydrogen-bond acceptors (Lipinski definition) is 4. The maximum Gasteiger partial charge on any atom is 0.225 e. The number of hydrogen-bond donors (Lipinski definition) is 1. The van der Waals surface area contributed by atoms with Crippen LogP contribution >= 0.6 is 24.0 Å². The van der Waals surface area contributed by atoms with E-state index in [9.17, 15) is 4.79 Å². The predicted octanol–water partition coefficient (Wildman–Crippen LogP) is 3.91. The van der Waals surface area contributed by atoms with Gasteiger partial charge in [0, 0.05) is 32.2 Å². The van der Waals surface area contributed by atoms with Crippen LogP contribution in [-0.4, -0.2) is 49.8 Å². The predicted molar refractivity (Wildman–Crippen MR) is 112 cm³/mol. The fourth-order valence-corrected chi connectivity index (χ4v) is 3.50. The van der Waals surface area contributed by atoms with Crippen molar-refractivity contribution in [1.29, 1.82) is 0 Å². The maximum absolute atomic E-state index is 12.7. The topological polar surface area (TPSA) is 64.8 Å². The van der Waals surface area contributed by atoms with Gasteiger partial charge in [-0.05, 0) is 44.2 Å².